The van der Waals surface area contributed by atoms with Crippen molar-refractivity contribution in [3.05, 3.63) is 42.5 Å². The first-order valence-corrected chi connectivity index (χ1v) is 9.33. The summed E-state index contributed by atoms with van der Waals surface area (Å²) in [6.07, 6.45) is 9.35. The Morgan fingerprint density at radius 1 is 1.22 bits per heavy atom. The molecule has 27 heavy (non-hydrogen) atoms. The van der Waals surface area contributed by atoms with Gasteiger partial charge in [-0.1, -0.05) is 6.58 Å². The Labute approximate surface area is 158 Å². The summed E-state index contributed by atoms with van der Waals surface area (Å²) < 4.78 is 7.14. The third kappa shape index (κ3) is 3.66. The van der Waals surface area contributed by atoms with Crippen molar-refractivity contribution in [2.24, 2.45) is 10.7 Å². The van der Waals surface area contributed by atoms with E-state index in [1.54, 1.807) is 16.9 Å². The summed E-state index contributed by atoms with van der Waals surface area (Å²) in [5.41, 5.74) is 8.91. The number of anilines is 1. The Hall–Kier alpha value is -2.87. The van der Waals surface area contributed by atoms with E-state index in [-0.39, 0.29) is 0 Å². The van der Waals surface area contributed by atoms with Crippen LogP contribution in [0.1, 0.15) is 12.8 Å². The summed E-state index contributed by atoms with van der Waals surface area (Å²) in [5, 5.41) is 4.35. The van der Waals surface area contributed by atoms with Crippen molar-refractivity contribution in [1.82, 2.24) is 19.5 Å². The lowest BCUT2D eigenvalue weighted by Gasteiger charge is -2.30. The van der Waals surface area contributed by atoms with Gasteiger partial charge < -0.3 is 20.3 Å². The Balaban J connectivity index is 1.56. The number of ether oxygens (including phenoxy) is 1. The molecular formula is C19H25N7O. The number of rotatable bonds is 5. The van der Waals surface area contributed by atoms with Gasteiger partial charge in [0.2, 0.25) is 0 Å². The standard InChI is InChI=1S/C19H25N7O/c1-15(24-8-10-27-11-9-24)16(12-20)13-21-17-14-22-26-7-4-18(23-19(17)26)25-5-2-3-6-25/h4,7,12-14H,1-3,5-6,8-11,20H2. The van der Waals surface area contributed by atoms with Crippen molar-refractivity contribution in [3.63, 3.8) is 0 Å². The molecule has 0 saturated carbocycles. The van der Waals surface area contributed by atoms with Crippen LogP contribution in [0.25, 0.3) is 5.65 Å². The number of aliphatic imine (C=N–C) groups is 1. The maximum atomic E-state index is 5.82. The Kier molecular flexibility index (Phi) is 5.06. The van der Waals surface area contributed by atoms with Crippen LogP contribution in [-0.2, 0) is 4.74 Å². The van der Waals surface area contributed by atoms with E-state index in [0.717, 1.165) is 48.9 Å². The van der Waals surface area contributed by atoms with Crippen LogP contribution in [0.3, 0.4) is 0 Å². The van der Waals surface area contributed by atoms with E-state index in [1.165, 1.54) is 19.0 Å². The molecule has 2 aliphatic heterocycles. The number of hydrogen-bond donors (Lipinski definition) is 1. The van der Waals surface area contributed by atoms with Gasteiger partial charge in [-0.2, -0.15) is 5.10 Å². The van der Waals surface area contributed by atoms with Crippen LogP contribution in [0.4, 0.5) is 11.5 Å². The van der Waals surface area contributed by atoms with Crippen LogP contribution in [0, 0.1) is 0 Å². The molecule has 2 aromatic heterocycles. The Morgan fingerprint density at radius 3 is 2.74 bits per heavy atom. The largest absolute Gasteiger partial charge is 0.404 e. The first-order chi connectivity index (χ1) is 13.3. The van der Waals surface area contributed by atoms with E-state index in [2.05, 4.69) is 26.5 Å². The second-order valence-electron chi connectivity index (χ2n) is 6.70. The summed E-state index contributed by atoms with van der Waals surface area (Å²) in [7, 11) is 0. The molecule has 0 spiro atoms. The van der Waals surface area contributed by atoms with Gasteiger partial charge in [-0.3, -0.25) is 4.99 Å². The summed E-state index contributed by atoms with van der Waals surface area (Å²) in [4.78, 5) is 13.8. The predicted molar refractivity (Wildman–Crippen MR) is 106 cm³/mol. The van der Waals surface area contributed by atoms with Crippen LogP contribution < -0.4 is 10.6 Å². The van der Waals surface area contributed by atoms with Crippen LogP contribution >= 0.6 is 0 Å². The van der Waals surface area contributed by atoms with Crippen molar-refractivity contribution in [2.75, 3.05) is 44.3 Å². The SMILES string of the molecule is C=C(C(C=Nc1cnn2ccc(N3CCCC3)nc12)=CN)N1CCOCC1. The minimum atomic E-state index is 0.700. The Bertz CT molecular complexity index is 873. The number of aromatic nitrogens is 3. The first kappa shape index (κ1) is 17.5. The molecule has 4 heterocycles. The fourth-order valence-corrected chi connectivity index (χ4v) is 3.43. The van der Waals surface area contributed by atoms with Gasteiger partial charge in [0.15, 0.2) is 5.65 Å². The molecule has 0 radical (unpaired) electrons. The zero-order valence-electron chi connectivity index (χ0n) is 15.4. The van der Waals surface area contributed by atoms with Gasteiger partial charge in [0.1, 0.15) is 11.5 Å². The molecule has 2 N–H and O–H groups in total. The molecule has 0 bridgehead atoms. The van der Waals surface area contributed by atoms with E-state index < -0.39 is 0 Å². The topological polar surface area (TPSA) is 84.3 Å². The molecule has 0 aromatic carbocycles. The van der Waals surface area contributed by atoms with Crippen LogP contribution in [0.2, 0.25) is 0 Å². The maximum absolute atomic E-state index is 5.82. The molecule has 2 fully saturated rings. The number of allylic oxidation sites excluding steroid dienone is 1. The normalized spacial score (nSPS) is 18.7. The smallest absolute Gasteiger partial charge is 0.183 e. The lowest BCUT2D eigenvalue weighted by molar-refractivity contribution is 0.0553. The quantitative estimate of drug-likeness (QED) is 0.640. The highest BCUT2D eigenvalue weighted by molar-refractivity contribution is 5.87. The van der Waals surface area contributed by atoms with E-state index >= 15 is 0 Å². The lowest BCUT2D eigenvalue weighted by atomic mass is 10.2. The van der Waals surface area contributed by atoms with Gasteiger partial charge in [0.25, 0.3) is 0 Å². The van der Waals surface area contributed by atoms with Gasteiger partial charge in [0.05, 0.1) is 19.4 Å². The van der Waals surface area contributed by atoms with Gasteiger partial charge >= 0.3 is 0 Å². The zero-order chi connectivity index (χ0) is 18.6. The van der Waals surface area contributed by atoms with Gasteiger partial charge in [-0.05, 0) is 18.9 Å². The highest BCUT2D eigenvalue weighted by Gasteiger charge is 2.16. The number of morpholine rings is 1. The molecule has 2 saturated heterocycles. The second-order valence-corrected chi connectivity index (χ2v) is 6.70. The highest BCUT2D eigenvalue weighted by atomic mass is 16.5. The van der Waals surface area contributed by atoms with Gasteiger partial charge in [-0.25, -0.2) is 9.50 Å². The second kappa shape index (κ2) is 7.79. The maximum Gasteiger partial charge on any atom is 0.183 e. The van der Waals surface area contributed by atoms with E-state index in [0.29, 0.717) is 18.9 Å². The summed E-state index contributed by atoms with van der Waals surface area (Å²) in [6.45, 7) is 9.28. The van der Waals surface area contributed by atoms with Crippen molar-refractivity contribution in [1.29, 1.82) is 0 Å². The molecule has 0 unspecified atom stereocenters. The number of nitrogens with zero attached hydrogens (tertiary/aromatic N) is 6. The molecule has 0 aliphatic carbocycles. The number of nitrogens with two attached hydrogens (primary N) is 1. The van der Waals surface area contributed by atoms with Crippen molar-refractivity contribution >= 4 is 23.4 Å². The highest BCUT2D eigenvalue weighted by Crippen LogP contribution is 2.24. The van der Waals surface area contributed by atoms with Crippen molar-refractivity contribution < 1.29 is 4.74 Å². The first-order valence-electron chi connectivity index (χ1n) is 9.33. The molecule has 8 nitrogen and oxygen atoms in total. The van der Waals surface area contributed by atoms with E-state index in [4.69, 9.17) is 15.5 Å². The molecule has 8 heteroatoms. The molecule has 2 aliphatic rings. The predicted octanol–water partition coefficient (Wildman–Crippen LogP) is 1.72. The van der Waals surface area contributed by atoms with Gasteiger partial charge in [-0.15, -0.1) is 0 Å². The average Bonchev–Trinajstić information content (AvgIpc) is 3.39. The molecule has 4 rings (SSSR count). The lowest BCUT2D eigenvalue weighted by Crippen LogP contribution is -2.36. The number of hydrogen-bond acceptors (Lipinski definition) is 7. The fraction of sp³-hybridized carbons (Fsp3) is 0.421. The van der Waals surface area contributed by atoms with E-state index in [9.17, 15) is 0 Å². The van der Waals surface area contributed by atoms with Crippen LogP contribution in [0.15, 0.2) is 47.5 Å². The zero-order valence-corrected chi connectivity index (χ0v) is 15.4. The fourth-order valence-electron chi connectivity index (χ4n) is 3.43. The number of fused-ring (bicyclic) bond motifs is 1. The van der Waals surface area contributed by atoms with Gasteiger partial charge in [0, 0.05) is 56.1 Å². The monoisotopic (exact) mass is 367 g/mol. The van der Waals surface area contributed by atoms with Crippen molar-refractivity contribution in [3.8, 4) is 0 Å². The molecule has 142 valence electrons. The minimum Gasteiger partial charge on any atom is -0.404 e. The third-order valence-electron chi connectivity index (χ3n) is 5.01. The van der Waals surface area contributed by atoms with E-state index in [1.807, 2.05) is 12.3 Å². The minimum absolute atomic E-state index is 0.700. The summed E-state index contributed by atoms with van der Waals surface area (Å²) >= 11 is 0. The third-order valence-corrected chi connectivity index (χ3v) is 5.01. The van der Waals surface area contributed by atoms with Crippen LogP contribution in [0.5, 0.6) is 0 Å². The summed E-state index contributed by atoms with van der Waals surface area (Å²) in [6, 6.07) is 2.00. The molecule has 0 amide bonds. The van der Waals surface area contributed by atoms with Crippen LogP contribution in [-0.4, -0.2) is 65.1 Å². The molecule has 2 aromatic rings. The average molecular weight is 367 g/mol. The van der Waals surface area contributed by atoms with Crippen molar-refractivity contribution in [2.45, 2.75) is 12.8 Å². The molecular weight excluding hydrogens is 342 g/mol. The molecule has 0 atom stereocenters. The Morgan fingerprint density at radius 2 is 2.00 bits per heavy atom. The summed E-state index contributed by atoms with van der Waals surface area (Å²) in [5.74, 6) is 0.976.